The monoisotopic (exact) mass is 370 g/mol. The molecule has 2 aliphatic rings. The quantitative estimate of drug-likeness (QED) is 0.405. The maximum atomic E-state index is 5.97. The summed E-state index contributed by atoms with van der Waals surface area (Å²) in [5, 5.41) is 0. The third-order valence-electron chi connectivity index (χ3n) is 7.27. The van der Waals surface area contributed by atoms with Gasteiger partial charge in [0, 0.05) is 6.61 Å². The number of aryl methyl sites for hydroxylation is 1. The van der Waals surface area contributed by atoms with Crippen molar-refractivity contribution in [1.82, 2.24) is 0 Å². The minimum absolute atomic E-state index is 0.530. The second-order valence-electron chi connectivity index (χ2n) is 9.30. The van der Waals surface area contributed by atoms with E-state index in [1.165, 1.54) is 89.0 Å². The minimum atomic E-state index is 0.530. The smallest absolute Gasteiger partial charge is 0.0572 e. The van der Waals surface area contributed by atoms with E-state index in [0.29, 0.717) is 6.10 Å². The van der Waals surface area contributed by atoms with Crippen molar-refractivity contribution in [3.8, 4) is 0 Å². The number of benzene rings is 1. The topological polar surface area (TPSA) is 9.23 Å². The van der Waals surface area contributed by atoms with Crippen molar-refractivity contribution in [1.29, 1.82) is 0 Å². The highest BCUT2D eigenvalue weighted by Gasteiger charge is 2.22. The Kier molecular flexibility index (Phi) is 8.71. The molecule has 0 radical (unpaired) electrons. The van der Waals surface area contributed by atoms with Crippen LogP contribution in [0, 0.1) is 11.8 Å². The van der Waals surface area contributed by atoms with E-state index in [4.69, 9.17) is 4.74 Å². The Balaban J connectivity index is 1.38. The van der Waals surface area contributed by atoms with Crippen LogP contribution in [0.2, 0.25) is 0 Å². The molecule has 152 valence electrons. The van der Waals surface area contributed by atoms with Crippen molar-refractivity contribution in [2.24, 2.45) is 11.8 Å². The van der Waals surface area contributed by atoms with E-state index < -0.39 is 0 Å². The average Bonchev–Trinajstić information content (AvgIpc) is 2.74. The molecule has 0 amide bonds. The highest BCUT2D eigenvalue weighted by molar-refractivity contribution is 5.26. The van der Waals surface area contributed by atoms with E-state index in [9.17, 15) is 0 Å². The van der Waals surface area contributed by atoms with Crippen LogP contribution in [0.5, 0.6) is 0 Å². The second-order valence-corrected chi connectivity index (χ2v) is 9.30. The molecule has 1 heteroatoms. The van der Waals surface area contributed by atoms with Crippen molar-refractivity contribution in [2.75, 3.05) is 6.61 Å². The molecule has 27 heavy (non-hydrogen) atoms. The third kappa shape index (κ3) is 6.63. The summed E-state index contributed by atoms with van der Waals surface area (Å²) in [5.74, 6) is 2.60. The van der Waals surface area contributed by atoms with Crippen molar-refractivity contribution in [3.63, 3.8) is 0 Å². The van der Waals surface area contributed by atoms with Crippen LogP contribution in [0.1, 0.15) is 108 Å². The van der Waals surface area contributed by atoms with Crippen molar-refractivity contribution in [3.05, 3.63) is 35.4 Å². The molecule has 1 aliphatic heterocycles. The average molecular weight is 371 g/mol. The van der Waals surface area contributed by atoms with Crippen LogP contribution in [0.25, 0.3) is 0 Å². The predicted octanol–water partition coefficient (Wildman–Crippen LogP) is 7.68. The minimum Gasteiger partial charge on any atom is -0.378 e. The van der Waals surface area contributed by atoms with Gasteiger partial charge in [0.2, 0.25) is 0 Å². The molecule has 1 aliphatic carbocycles. The fourth-order valence-electron chi connectivity index (χ4n) is 5.20. The Hall–Kier alpha value is -0.820. The molecule has 0 aromatic heterocycles. The van der Waals surface area contributed by atoms with Gasteiger partial charge in [0.15, 0.2) is 0 Å². The van der Waals surface area contributed by atoms with E-state index in [-0.39, 0.29) is 0 Å². The summed E-state index contributed by atoms with van der Waals surface area (Å²) in [7, 11) is 0. The maximum Gasteiger partial charge on any atom is 0.0572 e. The van der Waals surface area contributed by atoms with Crippen molar-refractivity contribution in [2.45, 2.75) is 109 Å². The molecular weight excluding hydrogens is 328 g/mol. The Morgan fingerprint density at radius 2 is 1.56 bits per heavy atom. The molecule has 3 rings (SSSR count). The molecule has 1 saturated carbocycles. The molecule has 0 N–H and O–H groups in total. The molecule has 0 bridgehead atoms. The standard InChI is InChI=1S/C26H42O/c1-3-5-6-7-21-10-15-24(16-11-21)25-17-12-22(13-18-25)8-9-23-14-19-26(4-2)27-20-23/h12-13,17-18,21,23-24,26H,3-11,14-16,19-20H2,1-2H3. The van der Waals surface area contributed by atoms with Gasteiger partial charge in [-0.1, -0.05) is 63.8 Å². The fourth-order valence-corrected chi connectivity index (χ4v) is 5.20. The van der Waals surface area contributed by atoms with Crippen molar-refractivity contribution >= 4 is 0 Å². The van der Waals surface area contributed by atoms with Crippen LogP contribution in [-0.2, 0) is 11.2 Å². The van der Waals surface area contributed by atoms with Gasteiger partial charge in [0.1, 0.15) is 0 Å². The normalized spacial score (nSPS) is 29.0. The highest BCUT2D eigenvalue weighted by atomic mass is 16.5. The predicted molar refractivity (Wildman–Crippen MR) is 116 cm³/mol. The molecule has 1 heterocycles. The first kappa shape index (κ1) is 20.9. The van der Waals surface area contributed by atoms with Gasteiger partial charge in [0.25, 0.3) is 0 Å². The van der Waals surface area contributed by atoms with Gasteiger partial charge >= 0.3 is 0 Å². The van der Waals surface area contributed by atoms with Gasteiger partial charge in [-0.3, -0.25) is 0 Å². The van der Waals surface area contributed by atoms with Crippen LogP contribution in [0.3, 0.4) is 0 Å². The number of ether oxygens (including phenoxy) is 1. The molecule has 2 fully saturated rings. The van der Waals surface area contributed by atoms with E-state index in [0.717, 1.165) is 24.4 Å². The molecule has 2 atom stereocenters. The Morgan fingerprint density at radius 3 is 2.19 bits per heavy atom. The first-order chi connectivity index (χ1) is 13.3. The lowest BCUT2D eigenvalue weighted by Gasteiger charge is -2.29. The van der Waals surface area contributed by atoms with E-state index in [1.54, 1.807) is 5.56 Å². The summed E-state index contributed by atoms with van der Waals surface area (Å²) in [4.78, 5) is 0. The van der Waals surface area contributed by atoms with Gasteiger partial charge in [-0.15, -0.1) is 0 Å². The Bertz CT molecular complexity index is 504. The molecule has 1 nitrogen and oxygen atoms in total. The van der Waals surface area contributed by atoms with Gasteiger partial charge in [-0.05, 0) is 86.7 Å². The largest absolute Gasteiger partial charge is 0.378 e. The SMILES string of the molecule is CCCCCC1CCC(c2ccc(CCC3CCC(CC)OC3)cc2)CC1. The molecule has 1 aromatic carbocycles. The summed E-state index contributed by atoms with van der Waals surface area (Å²) < 4.78 is 5.97. The van der Waals surface area contributed by atoms with Crippen molar-refractivity contribution < 1.29 is 4.74 Å². The Morgan fingerprint density at radius 1 is 0.815 bits per heavy atom. The molecule has 2 unspecified atom stereocenters. The fraction of sp³-hybridized carbons (Fsp3) is 0.769. The van der Waals surface area contributed by atoms with Gasteiger partial charge in [0.05, 0.1) is 6.10 Å². The number of rotatable bonds is 9. The summed E-state index contributed by atoms with van der Waals surface area (Å²) in [6.07, 6.45) is 18.3. The van der Waals surface area contributed by atoms with Crippen LogP contribution in [0.4, 0.5) is 0 Å². The molecule has 1 aromatic rings. The van der Waals surface area contributed by atoms with Crippen LogP contribution in [0.15, 0.2) is 24.3 Å². The summed E-state index contributed by atoms with van der Waals surface area (Å²) >= 11 is 0. The van der Waals surface area contributed by atoms with Gasteiger partial charge < -0.3 is 4.74 Å². The molecule has 0 spiro atoms. The lowest BCUT2D eigenvalue weighted by Crippen LogP contribution is -2.25. The van der Waals surface area contributed by atoms with Crippen LogP contribution >= 0.6 is 0 Å². The third-order valence-corrected chi connectivity index (χ3v) is 7.27. The van der Waals surface area contributed by atoms with E-state index in [1.807, 2.05) is 0 Å². The lowest BCUT2D eigenvalue weighted by atomic mass is 9.77. The lowest BCUT2D eigenvalue weighted by molar-refractivity contribution is -0.0190. The van der Waals surface area contributed by atoms with Crippen LogP contribution < -0.4 is 0 Å². The highest BCUT2D eigenvalue weighted by Crippen LogP contribution is 2.38. The summed E-state index contributed by atoms with van der Waals surface area (Å²) in [5.41, 5.74) is 3.11. The summed E-state index contributed by atoms with van der Waals surface area (Å²) in [6.45, 7) is 5.54. The number of hydrogen-bond donors (Lipinski definition) is 0. The molecular formula is C26H42O. The zero-order chi connectivity index (χ0) is 18.9. The van der Waals surface area contributed by atoms with E-state index >= 15 is 0 Å². The Labute approximate surface area is 168 Å². The first-order valence-corrected chi connectivity index (χ1v) is 12.0. The zero-order valence-electron chi connectivity index (χ0n) is 17.9. The number of hydrogen-bond acceptors (Lipinski definition) is 1. The van der Waals surface area contributed by atoms with Crippen LogP contribution in [-0.4, -0.2) is 12.7 Å². The number of unbranched alkanes of at least 4 members (excludes halogenated alkanes) is 2. The summed E-state index contributed by atoms with van der Waals surface area (Å²) in [6, 6.07) is 9.67. The van der Waals surface area contributed by atoms with Gasteiger partial charge in [-0.2, -0.15) is 0 Å². The van der Waals surface area contributed by atoms with E-state index in [2.05, 4.69) is 38.1 Å². The van der Waals surface area contributed by atoms with Gasteiger partial charge in [-0.25, -0.2) is 0 Å². The zero-order valence-corrected chi connectivity index (χ0v) is 17.9. The first-order valence-electron chi connectivity index (χ1n) is 12.0. The second kappa shape index (κ2) is 11.2. The molecule has 1 saturated heterocycles. The maximum absolute atomic E-state index is 5.97.